The molecule has 25 heavy (non-hydrogen) atoms. The lowest BCUT2D eigenvalue weighted by molar-refractivity contribution is -0.384. The molecule has 1 fully saturated rings. The second kappa shape index (κ2) is 7.75. The molecule has 9 heteroatoms. The number of likely N-dealkylation sites (tertiary alicyclic amines) is 1. The predicted octanol–water partition coefficient (Wildman–Crippen LogP) is 2.54. The van der Waals surface area contributed by atoms with Crippen molar-refractivity contribution in [2.45, 2.75) is 18.9 Å². The summed E-state index contributed by atoms with van der Waals surface area (Å²) in [6.45, 7) is 2.24. The standard InChI is InChI=1S/C16H19N5O4/c22-16(19-12-5-6-17-10-13(12)21(23)24)18-11-14(15-4-3-9-25-15)20-7-1-2-8-20/h3-6,9-10,14H,1-2,7-8,11H2,(H2,17,18,19,22)/t14-/m1/s1. The zero-order chi connectivity index (χ0) is 17.6. The summed E-state index contributed by atoms with van der Waals surface area (Å²) in [6, 6.07) is 4.53. The van der Waals surface area contributed by atoms with Gasteiger partial charge in [0.25, 0.3) is 0 Å². The number of aromatic nitrogens is 1. The van der Waals surface area contributed by atoms with E-state index in [0.29, 0.717) is 6.54 Å². The molecule has 1 aliphatic rings. The van der Waals surface area contributed by atoms with Gasteiger partial charge in [-0.3, -0.25) is 20.0 Å². The SMILES string of the molecule is O=C(NC[C@H](c1ccco1)N1CCCC1)Nc1ccncc1[N+](=O)[O-]. The van der Waals surface area contributed by atoms with Crippen molar-refractivity contribution in [1.82, 2.24) is 15.2 Å². The quantitative estimate of drug-likeness (QED) is 0.614. The summed E-state index contributed by atoms with van der Waals surface area (Å²) in [6.07, 6.45) is 6.34. The van der Waals surface area contributed by atoms with Gasteiger partial charge in [-0.15, -0.1) is 0 Å². The number of nitrogens with one attached hydrogen (secondary N) is 2. The third kappa shape index (κ3) is 4.13. The largest absolute Gasteiger partial charge is 0.468 e. The Morgan fingerprint density at radius 2 is 2.20 bits per heavy atom. The average Bonchev–Trinajstić information content (AvgIpc) is 3.29. The van der Waals surface area contributed by atoms with E-state index in [1.54, 1.807) is 6.26 Å². The molecule has 0 saturated carbocycles. The molecule has 0 aromatic carbocycles. The number of urea groups is 1. The number of hydrogen-bond acceptors (Lipinski definition) is 6. The van der Waals surface area contributed by atoms with Crippen molar-refractivity contribution >= 4 is 17.4 Å². The fourth-order valence-corrected chi connectivity index (χ4v) is 2.94. The Balaban J connectivity index is 1.63. The molecule has 0 spiro atoms. The Morgan fingerprint density at radius 3 is 2.88 bits per heavy atom. The number of pyridine rings is 1. The first-order valence-corrected chi connectivity index (χ1v) is 8.06. The van der Waals surface area contributed by atoms with E-state index < -0.39 is 11.0 Å². The highest BCUT2D eigenvalue weighted by atomic mass is 16.6. The van der Waals surface area contributed by atoms with Gasteiger partial charge >= 0.3 is 11.7 Å². The third-order valence-corrected chi connectivity index (χ3v) is 4.15. The molecule has 1 saturated heterocycles. The summed E-state index contributed by atoms with van der Waals surface area (Å²) in [4.78, 5) is 28.5. The van der Waals surface area contributed by atoms with Gasteiger partial charge in [0, 0.05) is 12.7 Å². The molecule has 2 amide bonds. The van der Waals surface area contributed by atoms with Crippen molar-refractivity contribution in [3.05, 3.63) is 52.7 Å². The van der Waals surface area contributed by atoms with E-state index in [1.165, 1.54) is 12.3 Å². The lowest BCUT2D eigenvalue weighted by Crippen LogP contribution is -2.38. The number of carbonyl (C=O) groups excluding carboxylic acids is 1. The van der Waals surface area contributed by atoms with Crippen LogP contribution in [0.1, 0.15) is 24.6 Å². The van der Waals surface area contributed by atoms with Gasteiger partial charge in [0.05, 0.1) is 17.2 Å². The summed E-state index contributed by atoms with van der Waals surface area (Å²) in [5.74, 6) is 0.789. The number of nitro groups is 1. The second-order valence-electron chi connectivity index (χ2n) is 5.76. The normalized spacial score (nSPS) is 15.7. The van der Waals surface area contributed by atoms with Crippen molar-refractivity contribution in [3.63, 3.8) is 0 Å². The Bertz CT molecular complexity index is 728. The average molecular weight is 345 g/mol. The Morgan fingerprint density at radius 1 is 1.40 bits per heavy atom. The highest BCUT2D eigenvalue weighted by Gasteiger charge is 2.26. The van der Waals surface area contributed by atoms with Crippen LogP contribution in [0.2, 0.25) is 0 Å². The number of furan rings is 1. The second-order valence-corrected chi connectivity index (χ2v) is 5.76. The summed E-state index contributed by atoms with van der Waals surface area (Å²) in [7, 11) is 0. The summed E-state index contributed by atoms with van der Waals surface area (Å²) < 4.78 is 5.50. The molecule has 0 bridgehead atoms. The molecule has 0 aliphatic carbocycles. The molecule has 3 rings (SSSR count). The summed E-state index contributed by atoms with van der Waals surface area (Å²) in [5, 5.41) is 16.2. The van der Waals surface area contributed by atoms with Crippen molar-refractivity contribution in [2.75, 3.05) is 25.0 Å². The highest BCUT2D eigenvalue weighted by Crippen LogP contribution is 2.25. The fraction of sp³-hybridized carbons (Fsp3) is 0.375. The van der Waals surface area contributed by atoms with Crippen LogP contribution in [0.15, 0.2) is 41.3 Å². The van der Waals surface area contributed by atoms with Crippen LogP contribution in [0.5, 0.6) is 0 Å². The van der Waals surface area contributed by atoms with Crippen molar-refractivity contribution in [1.29, 1.82) is 0 Å². The van der Waals surface area contributed by atoms with Crippen LogP contribution < -0.4 is 10.6 Å². The highest BCUT2D eigenvalue weighted by molar-refractivity contribution is 5.91. The molecule has 2 aromatic rings. The van der Waals surface area contributed by atoms with Crippen LogP contribution in [0.3, 0.4) is 0 Å². The van der Waals surface area contributed by atoms with E-state index in [2.05, 4.69) is 20.5 Å². The minimum atomic E-state index is -0.585. The lowest BCUT2D eigenvalue weighted by atomic mass is 10.2. The minimum Gasteiger partial charge on any atom is -0.468 e. The molecule has 132 valence electrons. The van der Waals surface area contributed by atoms with Crippen LogP contribution in [0.4, 0.5) is 16.2 Å². The van der Waals surface area contributed by atoms with Crippen molar-refractivity contribution in [2.24, 2.45) is 0 Å². The zero-order valence-electron chi connectivity index (χ0n) is 13.6. The van der Waals surface area contributed by atoms with E-state index in [-0.39, 0.29) is 17.4 Å². The molecule has 0 unspecified atom stereocenters. The summed E-state index contributed by atoms with van der Waals surface area (Å²) >= 11 is 0. The predicted molar refractivity (Wildman–Crippen MR) is 90.2 cm³/mol. The molecule has 1 aliphatic heterocycles. The molecule has 1 atom stereocenters. The molecular formula is C16H19N5O4. The van der Waals surface area contributed by atoms with E-state index in [1.807, 2.05) is 12.1 Å². The monoisotopic (exact) mass is 345 g/mol. The van der Waals surface area contributed by atoms with Gasteiger partial charge in [0.1, 0.15) is 17.6 Å². The molecule has 9 nitrogen and oxygen atoms in total. The molecule has 3 heterocycles. The third-order valence-electron chi connectivity index (χ3n) is 4.15. The van der Waals surface area contributed by atoms with Gasteiger partial charge < -0.3 is 15.1 Å². The maximum absolute atomic E-state index is 12.2. The smallest absolute Gasteiger partial charge is 0.319 e. The summed E-state index contributed by atoms with van der Waals surface area (Å²) in [5.41, 5.74) is -0.145. The van der Waals surface area contributed by atoms with Crippen LogP contribution in [-0.4, -0.2) is 40.5 Å². The number of rotatable bonds is 6. The maximum Gasteiger partial charge on any atom is 0.319 e. The molecule has 0 radical (unpaired) electrons. The van der Waals surface area contributed by atoms with Gasteiger partial charge in [0.2, 0.25) is 0 Å². The number of carbonyl (C=O) groups is 1. The van der Waals surface area contributed by atoms with E-state index in [4.69, 9.17) is 4.42 Å². The molecule has 2 N–H and O–H groups in total. The molecule has 2 aromatic heterocycles. The van der Waals surface area contributed by atoms with Crippen molar-refractivity contribution < 1.29 is 14.1 Å². The van der Waals surface area contributed by atoms with E-state index in [9.17, 15) is 14.9 Å². The number of nitrogens with zero attached hydrogens (tertiary/aromatic N) is 3. The van der Waals surface area contributed by atoms with E-state index >= 15 is 0 Å². The minimum absolute atomic E-state index is 0.0596. The molecular weight excluding hydrogens is 326 g/mol. The van der Waals surface area contributed by atoms with Crippen LogP contribution in [0, 0.1) is 10.1 Å². The van der Waals surface area contributed by atoms with Gasteiger partial charge in [-0.1, -0.05) is 0 Å². The van der Waals surface area contributed by atoms with Crippen LogP contribution in [-0.2, 0) is 0 Å². The Labute approximate surface area is 144 Å². The topological polar surface area (TPSA) is 114 Å². The van der Waals surface area contributed by atoms with Crippen LogP contribution in [0.25, 0.3) is 0 Å². The Kier molecular flexibility index (Phi) is 5.24. The first-order chi connectivity index (χ1) is 12.1. The van der Waals surface area contributed by atoms with Gasteiger partial charge in [-0.05, 0) is 44.1 Å². The van der Waals surface area contributed by atoms with Gasteiger partial charge in [-0.2, -0.15) is 0 Å². The maximum atomic E-state index is 12.2. The zero-order valence-corrected chi connectivity index (χ0v) is 13.6. The van der Waals surface area contributed by atoms with Gasteiger partial charge in [0.15, 0.2) is 0 Å². The van der Waals surface area contributed by atoms with Crippen LogP contribution >= 0.6 is 0 Å². The number of anilines is 1. The first kappa shape index (κ1) is 16.9. The Hall–Kier alpha value is -2.94. The fourth-order valence-electron chi connectivity index (χ4n) is 2.94. The van der Waals surface area contributed by atoms with E-state index in [0.717, 1.165) is 37.9 Å². The van der Waals surface area contributed by atoms with Gasteiger partial charge in [-0.25, -0.2) is 4.79 Å². The number of amides is 2. The number of hydrogen-bond donors (Lipinski definition) is 2. The lowest BCUT2D eigenvalue weighted by Gasteiger charge is -2.26. The first-order valence-electron chi connectivity index (χ1n) is 8.06. The van der Waals surface area contributed by atoms with Crippen molar-refractivity contribution in [3.8, 4) is 0 Å².